The molecule has 0 unspecified atom stereocenters. The molecule has 0 atom stereocenters. The summed E-state index contributed by atoms with van der Waals surface area (Å²) in [6.07, 6.45) is 4.80. The molecule has 1 aromatic heterocycles. The van der Waals surface area contributed by atoms with Gasteiger partial charge in [0.05, 0.1) is 13.1 Å². The van der Waals surface area contributed by atoms with Crippen LogP contribution in [0.5, 0.6) is 0 Å². The molecule has 0 radical (unpaired) electrons. The van der Waals surface area contributed by atoms with E-state index in [1.54, 1.807) is 0 Å². The Morgan fingerprint density at radius 3 is 2.28 bits per heavy atom. The molecule has 1 amide bonds. The van der Waals surface area contributed by atoms with E-state index in [1.165, 1.54) is 12.8 Å². The van der Waals surface area contributed by atoms with Crippen molar-refractivity contribution < 1.29 is 9.32 Å². The molecule has 2 aliphatic rings. The summed E-state index contributed by atoms with van der Waals surface area (Å²) >= 11 is 5.95. The third kappa shape index (κ3) is 5.59. The van der Waals surface area contributed by atoms with Crippen LogP contribution in [-0.4, -0.2) is 71.6 Å². The summed E-state index contributed by atoms with van der Waals surface area (Å²) in [7, 11) is 0. The van der Waals surface area contributed by atoms with Crippen molar-refractivity contribution in [3.8, 4) is 11.3 Å². The molecule has 2 aliphatic heterocycles. The summed E-state index contributed by atoms with van der Waals surface area (Å²) in [5.41, 5.74) is 1.83. The Kier molecular flexibility index (Phi) is 6.85. The van der Waals surface area contributed by atoms with E-state index in [1.807, 2.05) is 30.3 Å². The first kappa shape index (κ1) is 20.4. The van der Waals surface area contributed by atoms with Crippen LogP contribution in [-0.2, 0) is 11.3 Å². The molecule has 4 rings (SSSR count). The fourth-order valence-corrected chi connectivity index (χ4v) is 4.21. The summed E-state index contributed by atoms with van der Waals surface area (Å²) in [6, 6.07) is 9.61. The molecule has 0 spiro atoms. The Balaban J connectivity index is 1.24. The maximum atomic E-state index is 12.6. The molecule has 7 heteroatoms. The maximum absolute atomic E-state index is 12.6. The number of carbonyl (C=O) groups is 1. The monoisotopic (exact) mass is 416 g/mol. The minimum absolute atomic E-state index is 0.295. The van der Waals surface area contributed by atoms with E-state index in [4.69, 9.17) is 16.1 Å². The Morgan fingerprint density at radius 1 is 0.931 bits per heavy atom. The molecule has 6 nitrogen and oxygen atoms in total. The highest BCUT2D eigenvalue weighted by atomic mass is 35.5. The van der Waals surface area contributed by atoms with E-state index in [2.05, 4.69) is 19.9 Å². The van der Waals surface area contributed by atoms with Gasteiger partial charge in [-0.05, 0) is 25.0 Å². The van der Waals surface area contributed by atoms with Crippen LogP contribution in [0.2, 0.25) is 5.02 Å². The van der Waals surface area contributed by atoms with E-state index >= 15 is 0 Å². The second-order valence-corrected chi connectivity index (χ2v) is 8.47. The fraction of sp³-hybridized carbons (Fsp3) is 0.545. The van der Waals surface area contributed by atoms with Gasteiger partial charge in [-0.25, -0.2) is 0 Å². The first-order valence-electron chi connectivity index (χ1n) is 10.6. The van der Waals surface area contributed by atoms with Crippen molar-refractivity contribution in [2.45, 2.75) is 32.2 Å². The van der Waals surface area contributed by atoms with E-state index < -0.39 is 0 Å². The smallest absolute Gasteiger partial charge is 0.236 e. The fourth-order valence-electron chi connectivity index (χ4n) is 4.08. The van der Waals surface area contributed by atoms with Crippen molar-refractivity contribution in [2.75, 3.05) is 45.8 Å². The van der Waals surface area contributed by atoms with Crippen LogP contribution in [0, 0.1) is 0 Å². The second kappa shape index (κ2) is 9.74. The van der Waals surface area contributed by atoms with Crippen LogP contribution >= 0.6 is 11.6 Å². The van der Waals surface area contributed by atoms with Gasteiger partial charge < -0.3 is 9.42 Å². The van der Waals surface area contributed by atoms with Crippen LogP contribution < -0.4 is 0 Å². The maximum Gasteiger partial charge on any atom is 0.236 e. The molecule has 0 bridgehead atoms. The number of rotatable bonds is 5. The summed E-state index contributed by atoms with van der Waals surface area (Å²) in [6.45, 7) is 6.86. The van der Waals surface area contributed by atoms with Gasteiger partial charge in [-0.1, -0.05) is 41.7 Å². The first-order valence-corrected chi connectivity index (χ1v) is 11.0. The number of likely N-dealkylation sites (tertiary alicyclic amines) is 1. The second-order valence-electron chi connectivity index (χ2n) is 8.03. The van der Waals surface area contributed by atoms with Crippen LogP contribution in [0.3, 0.4) is 0 Å². The molecule has 0 saturated carbocycles. The molecular weight excluding hydrogens is 388 g/mol. The van der Waals surface area contributed by atoms with Gasteiger partial charge in [-0.15, -0.1) is 0 Å². The van der Waals surface area contributed by atoms with E-state index in [9.17, 15) is 4.79 Å². The summed E-state index contributed by atoms with van der Waals surface area (Å²) in [5, 5.41) is 4.90. The Bertz CT molecular complexity index is 791. The highest BCUT2D eigenvalue weighted by Gasteiger charge is 2.23. The molecule has 1 aromatic carbocycles. The van der Waals surface area contributed by atoms with Gasteiger partial charge in [0.1, 0.15) is 5.69 Å². The zero-order valence-corrected chi connectivity index (χ0v) is 17.6. The van der Waals surface area contributed by atoms with Gasteiger partial charge in [0, 0.05) is 55.9 Å². The molecule has 3 heterocycles. The number of carbonyl (C=O) groups excluding carboxylic acids is 1. The largest absolute Gasteiger partial charge is 0.359 e. The highest BCUT2D eigenvalue weighted by Crippen LogP contribution is 2.22. The molecule has 0 N–H and O–H groups in total. The van der Waals surface area contributed by atoms with Gasteiger partial charge >= 0.3 is 0 Å². The molecule has 0 aliphatic carbocycles. The molecule has 2 aromatic rings. The number of aromatic nitrogens is 1. The van der Waals surface area contributed by atoms with Crippen molar-refractivity contribution in [2.24, 2.45) is 0 Å². The predicted molar refractivity (Wildman–Crippen MR) is 114 cm³/mol. The van der Waals surface area contributed by atoms with E-state index in [-0.39, 0.29) is 0 Å². The SMILES string of the molecule is O=C(CN1CCN(Cc2cc(-c3ccc(Cl)cc3)no2)CC1)N1CCCCCC1. The first-order chi connectivity index (χ1) is 14.2. The number of nitrogens with zero attached hydrogens (tertiary/aromatic N) is 4. The summed E-state index contributed by atoms with van der Waals surface area (Å²) in [4.78, 5) is 19.3. The average Bonchev–Trinajstić information content (AvgIpc) is 3.02. The summed E-state index contributed by atoms with van der Waals surface area (Å²) in [5.74, 6) is 1.16. The lowest BCUT2D eigenvalue weighted by Crippen LogP contribution is -2.49. The van der Waals surface area contributed by atoms with E-state index in [0.717, 1.165) is 75.7 Å². The third-order valence-corrected chi connectivity index (χ3v) is 6.11. The Labute approximate surface area is 177 Å². The van der Waals surface area contributed by atoms with Crippen molar-refractivity contribution in [3.05, 3.63) is 41.1 Å². The zero-order chi connectivity index (χ0) is 20.1. The molecule has 156 valence electrons. The van der Waals surface area contributed by atoms with Gasteiger partial charge in [-0.3, -0.25) is 14.6 Å². The van der Waals surface area contributed by atoms with Crippen LogP contribution in [0.15, 0.2) is 34.9 Å². The normalized spacial score (nSPS) is 19.3. The summed E-state index contributed by atoms with van der Waals surface area (Å²) < 4.78 is 5.54. The number of benzene rings is 1. The zero-order valence-electron chi connectivity index (χ0n) is 16.9. The number of hydrogen-bond donors (Lipinski definition) is 0. The van der Waals surface area contributed by atoms with Crippen LogP contribution in [0.1, 0.15) is 31.4 Å². The topological polar surface area (TPSA) is 52.8 Å². The Hall–Kier alpha value is -1.89. The lowest BCUT2D eigenvalue weighted by atomic mass is 10.1. The highest BCUT2D eigenvalue weighted by molar-refractivity contribution is 6.30. The van der Waals surface area contributed by atoms with Crippen molar-refractivity contribution in [3.63, 3.8) is 0 Å². The number of amides is 1. The Morgan fingerprint density at radius 2 is 1.59 bits per heavy atom. The van der Waals surface area contributed by atoms with E-state index in [0.29, 0.717) is 17.5 Å². The molecule has 2 saturated heterocycles. The standard InChI is InChI=1S/C22H29ClN4O2/c23-19-7-5-18(6-8-19)21-15-20(29-24-21)16-25-11-13-26(14-12-25)17-22(28)27-9-3-1-2-4-10-27/h5-8,15H,1-4,9-14,16-17H2. The van der Waals surface area contributed by atoms with Gasteiger partial charge in [0.2, 0.25) is 5.91 Å². The molecular formula is C22H29ClN4O2. The van der Waals surface area contributed by atoms with Crippen molar-refractivity contribution in [1.82, 2.24) is 19.9 Å². The van der Waals surface area contributed by atoms with Gasteiger partial charge in [0.25, 0.3) is 0 Å². The lowest BCUT2D eigenvalue weighted by Gasteiger charge is -2.34. The van der Waals surface area contributed by atoms with Gasteiger partial charge in [-0.2, -0.15) is 0 Å². The number of halogens is 1. The molecule has 2 fully saturated rings. The van der Waals surface area contributed by atoms with Crippen molar-refractivity contribution in [1.29, 1.82) is 0 Å². The van der Waals surface area contributed by atoms with Crippen LogP contribution in [0.25, 0.3) is 11.3 Å². The third-order valence-electron chi connectivity index (χ3n) is 5.86. The number of hydrogen-bond acceptors (Lipinski definition) is 5. The minimum atomic E-state index is 0.295. The quantitative estimate of drug-likeness (QED) is 0.746. The minimum Gasteiger partial charge on any atom is -0.359 e. The molecule has 29 heavy (non-hydrogen) atoms. The lowest BCUT2D eigenvalue weighted by molar-refractivity contribution is -0.132. The predicted octanol–water partition coefficient (Wildman–Crippen LogP) is 3.52. The van der Waals surface area contributed by atoms with Crippen molar-refractivity contribution >= 4 is 17.5 Å². The van der Waals surface area contributed by atoms with Gasteiger partial charge in [0.15, 0.2) is 5.76 Å². The average molecular weight is 417 g/mol. The number of piperazine rings is 1. The van der Waals surface area contributed by atoms with Crippen LogP contribution in [0.4, 0.5) is 0 Å².